The summed E-state index contributed by atoms with van der Waals surface area (Å²) in [4.78, 5) is 15.0. The van der Waals surface area contributed by atoms with Crippen LogP contribution in [-0.4, -0.2) is 19.5 Å². The smallest absolute Gasteiger partial charge is 0.164 e. The molecule has 2 aromatic heterocycles. The van der Waals surface area contributed by atoms with Gasteiger partial charge in [-0.15, -0.1) is 0 Å². The minimum Gasteiger partial charge on any atom is -0.309 e. The van der Waals surface area contributed by atoms with Gasteiger partial charge in [0.1, 0.15) is 0 Å². The van der Waals surface area contributed by atoms with E-state index in [1.54, 1.807) is 0 Å². The number of hydrogen-bond donors (Lipinski definition) is 0. The van der Waals surface area contributed by atoms with Crippen molar-refractivity contribution in [3.05, 3.63) is 206 Å². The SMILES string of the molecule is c1ccc(-c2ccc3cc(-c4nc(-c5ccccc5)nc(-c5ccc(-c6ccc(-n7c8ccccc8c8c9ccccc9ccc87)cc6)cc5)n4)ccc3c2)cc1. The van der Waals surface area contributed by atoms with Crippen LogP contribution in [0.2, 0.25) is 0 Å². The van der Waals surface area contributed by atoms with E-state index in [4.69, 9.17) is 15.0 Å². The van der Waals surface area contributed by atoms with E-state index in [2.05, 4.69) is 174 Å². The van der Waals surface area contributed by atoms with Crippen molar-refractivity contribution in [1.29, 1.82) is 0 Å². The summed E-state index contributed by atoms with van der Waals surface area (Å²) in [7, 11) is 0. The van der Waals surface area contributed by atoms with Crippen molar-refractivity contribution in [2.24, 2.45) is 0 Å². The van der Waals surface area contributed by atoms with Crippen LogP contribution in [0.4, 0.5) is 0 Å². The van der Waals surface area contributed by atoms with Gasteiger partial charge in [-0.25, -0.2) is 15.0 Å². The molecular formula is C53H34N4. The van der Waals surface area contributed by atoms with Gasteiger partial charge in [0, 0.05) is 33.2 Å². The molecule has 4 nitrogen and oxygen atoms in total. The molecule has 2 heterocycles. The second kappa shape index (κ2) is 13.6. The second-order valence-corrected chi connectivity index (χ2v) is 14.5. The van der Waals surface area contributed by atoms with Crippen LogP contribution in [0.15, 0.2) is 206 Å². The van der Waals surface area contributed by atoms with Gasteiger partial charge < -0.3 is 4.57 Å². The largest absolute Gasteiger partial charge is 0.309 e. The standard InChI is InChI=1S/C53H34N4/c1-3-11-35(12-4-1)41-23-24-43-34-44(26-25-42(43)33-41)53-55-51(39-14-5-2-6-15-39)54-52(56-53)40-21-19-36(20-22-40)37-27-30-45(31-28-37)57-48-18-10-9-17-47(48)50-46-16-8-7-13-38(46)29-32-49(50)57/h1-34H. The third-order valence-corrected chi connectivity index (χ3v) is 11.0. The molecule has 9 aromatic carbocycles. The van der Waals surface area contributed by atoms with Crippen molar-refractivity contribution in [2.75, 3.05) is 0 Å². The van der Waals surface area contributed by atoms with Crippen molar-refractivity contribution in [3.63, 3.8) is 0 Å². The summed E-state index contributed by atoms with van der Waals surface area (Å²) >= 11 is 0. The highest BCUT2D eigenvalue weighted by molar-refractivity contribution is 6.21. The van der Waals surface area contributed by atoms with E-state index in [1.807, 2.05) is 36.4 Å². The minimum atomic E-state index is 0.638. The second-order valence-electron chi connectivity index (χ2n) is 14.5. The van der Waals surface area contributed by atoms with E-state index in [-0.39, 0.29) is 0 Å². The van der Waals surface area contributed by atoms with E-state index in [1.165, 1.54) is 49.1 Å². The van der Waals surface area contributed by atoms with Gasteiger partial charge in [-0.2, -0.15) is 0 Å². The van der Waals surface area contributed by atoms with Gasteiger partial charge in [0.25, 0.3) is 0 Å². The van der Waals surface area contributed by atoms with Crippen LogP contribution in [0.25, 0.3) is 105 Å². The Bertz CT molecular complexity index is 3260. The first-order valence-corrected chi connectivity index (χ1v) is 19.3. The van der Waals surface area contributed by atoms with Gasteiger partial charge >= 0.3 is 0 Å². The lowest BCUT2D eigenvalue weighted by Gasteiger charge is -2.11. The molecule has 0 amide bonds. The Morgan fingerprint density at radius 1 is 0.281 bits per heavy atom. The van der Waals surface area contributed by atoms with Crippen LogP contribution in [0, 0.1) is 0 Å². The van der Waals surface area contributed by atoms with Crippen LogP contribution < -0.4 is 0 Å². The highest BCUT2D eigenvalue weighted by Gasteiger charge is 2.16. The first kappa shape index (κ1) is 32.7. The lowest BCUT2D eigenvalue weighted by molar-refractivity contribution is 1.07. The van der Waals surface area contributed by atoms with E-state index < -0.39 is 0 Å². The summed E-state index contributed by atoms with van der Waals surface area (Å²) in [6.45, 7) is 0. The molecule has 0 radical (unpaired) electrons. The highest BCUT2D eigenvalue weighted by Crippen LogP contribution is 2.37. The molecule has 0 N–H and O–H groups in total. The highest BCUT2D eigenvalue weighted by atomic mass is 15.0. The fraction of sp³-hybridized carbons (Fsp3) is 0. The zero-order valence-electron chi connectivity index (χ0n) is 30.9. The first-order valence-electron chi connectivity index (χ1n) is 19.3. The Hall–Kier alpha value is -7.69. The summed E-state index contributed by atoms with van der Waals surface area (Å²) in [5.74, 6) is 1.93. The van der Waals surface area contributed by atoms with Crippen molar-refractivity contribution in [3.8, 4) is 62.1 Å². The van der Waals surface area contributed by atoms with Crippen LogP contribution >= 0.6 is 0 Å². The molecule has 4 heteroatoms. The molecule has 0 aliphatic rings. The van der Waals surface area contributed by atoms with Crippen LogP contribution in [0.3, 0.4) is 0 Å². The maximum absolute atomic E-state index is 5.06. The number of fused-ring (bicyclic) bond motifs is 6. The van der Waals surface area contributed by atoms with Crippen LogP contribution in [0.1, 0.15) is 0 Å². The number of benzene rings is 9. The molecule has 0 aliphatic heterocycles. The maximum Gasteiger partial charge on any atom is 0.164 e. The van der Waals surface area contributed by atoms with E-state index in [0.29, 0.717) is 17.5 Å². The fourth-order valence-corrected chi connectivity index (χ4v) is 8.18. The van der Waals surface area contributed by atoms with E-state index in [9.17, 15) is 0 Å². The number of hydrogen-bond acceptors (Lipinski definition) is 3. The summed E-state index contributed by atoms with van der Waals surface area (Å²) in [6.07, 6.45) is 0. The van der Waals surface area contributed by atoms with Gasteiger partial charge in [0.2, 0.25) is 0 Å². The molecule has 57 heavy (non-hydrogen) atoms. The van der Waals surface area contributed by atoms with Gasteiger partial charge in [-0.05, 0) is 80.2 Å². The van der Waals surface area contributed by atoms with Crippen molar-refractivity contribution >= 4 is 43.4 Å². The number of nitrogens with zero attached hydrogens (tertiary/aromatic N) is 4. The predicted octanol–water partition coefficient (Wildman–Crippen LogP) is 13.6. The Morgan fingerprint density at radius 2 is 0.737 bits per heavy atom. The van der Waals surface area contributed by atoms with Crippen molar-refractivity contribution in [2.45, 2.75) is 0 Å². The predicted molar refractivity (Wildman–Crippen MR) is 236 cm³/mol. The molecule has 0 saturated carbocycles. The maximum atomic E-state index is 5.06. The molecule has 0 atom stereocenters. The summed E-state index contributed by atoms with van der Waals surface area (Å²) in [5.41, 5.74) is 11.0. The lowest BCUT2D eigenvalue weighted by atomic mass is 10.00. The normalized spacial score (nSPS) is 11.5. The molecule has 0 fully saturated rings. The van der Waals surface area contributed by atoms with Gasteiger partial charge in [-0.1, -0.05) is 170 Å². The fourth-order valence-electron chi connectivity index (χ4n) is 8.18. The van der Waals surface area contributed by atoms with Gasteiger partial charge in [0.15, 0.2) is 17.5 Å². The number of rotatable bonds is 6. The quantitative estimate of drug-likeness (QED) is 0.171. The number of para-hydroxylation sites is 1. The third kappa shape index (κ3) is 5.83. The molecular weight excluding hydrogens is 693 g/mol. The molecule has 0 aliphatic carbocycles. The molecule has 0 bridgehead atoms. The third-order valence-electron chi connectivity index (χ3n) is 11.0. The van der Waals surface area contributed by atoms with E-state index >= 15 is 0 Å². The molecule has 0 unspecified atom stereocenters. The Balaban J connectivity index is 0.938. The summed E-state index contributed by atoms with van der Waals surface area (Å²) < 4.78 is 2.38. The summed E-state index contributed by atoms with van der Waals surface area (Å²) in [6, 6.07) is 72.9. The van der Waals surface area contributed by atoms with E-state index in [0.717, 1.165) is 38.9 Å². The Kier molecular flexibility index (Phi) is 7.78. The monoisotopic (exact) mass is 726 g/mol. The average Bonchev–Trinajstić information content (AvgIpc) is 3.64. The molecule has 11 rings (SSSR count). The number of aromatic nitrogens is 4. The molecule has 0 spiro atoms. The molecule has 11 aromatic rings. The van der Waals surface area contributed by atoms with Gasteiger partial charge in [-0.3, -0.25) is 0 Å². The average molecular weight is 727 g/mol. The summed E-state index contributed by atoms with van der Waals surface area (Å²) in [5, 5.41) is 7.39. The minimum absolute atomic E-state index is 0.638. The van der Waals surface area contributed by atoms with Crippen molar-refractivity contribution in [1.82, 2.24) is 19.5 Å². The van der Waals surface area contributed by atoms with Gasteiger partial charge in [0.05, 0.1) is 11.0 Å². The molecule has 0 saturated heterocycles. The lowest BCUT2D eigenvalue weighted by Crippen LogP contribution is -2.00. The van der Waals surface area contributed by atoms with Crippen LogP contribution in [0.5, 0.6) is 0 Å². The topological polar surface area (TPSA) is 43.6 Å². The van der Waals surface area contributed by atoms with Crippen molar-refractivity contribution < 1.29 is 0 Å². The molecule has 266 valence electrons. The first-order chi connectivity index (χ1) is 28.2. The zero-order valence-corrected chi connectivity index (χ0v) is 30.9. The Labute approximate surface area is 330 Å². The van der Waals surface area contributed by atoms with Crippen LogP contribution in [-0.2, 0) is 0 Å². The Morgan fingerprint density at radius 3 is 1.44 bits per heavy atom. The zero-order chi connectivity index (χ0) is 37.7.